The van der Waals surface area contributed by atoms with Crippen LogP contribution in [0.15, 0.2) is 46.9 Å². The number of aryl methyl sites for hydroxylation is 1. The van der Waals surface area contributed by atoms with Gasteiger partial charge in [-0.1, -0.05) is 30.0 Å². The van der Waals surface area contributed by atoms with Crippen LogP contribution >= 0.6 is 23.1 Å². The summed E-state index contributed by atoms with van der Waals surface area (Å²) in [5, 5.41) is 14.5. The molecule has 0 radical (unpaired) electrons. The number of thioether (sulfide) groups is 1. The third-order valence-corrected chi connectivity index (χ3v) is 6.34. The van der Waals surface area contributed by atoms with Crippen molar-refractivity contribution in [3.8, 4) is 10.7 Å². The van der Waals surface area contributed by atoms with E-state index >= 15 is 0 Å². The Morgan fingerprint density at radius 2 is 2.29 bits per heavy atom. The summed E-state index contributed by atoms with van der Waals surface area (Å²) < 4.78 is 7.90. The molecular formula is C20H22N4O2S2. The molecule has 6 nitrogen and oxygen atoms in total. The van der Waals surface area contributed by atoms with Crippen molar-refractivity contribution in [3.63, 3.8) is 0 Å². The van der Waals surface area contributed by atoms with E-state index in [-0.39, 0.29) is 17.8 Å². The SMILES string of the molecule is Cc1cccc(NC(=O)CSc2nnc(-c3cccs3)n2C[C@@H]2CCCO2)c1. The molecule has 1 fully saturated rings. The molecule has 1 N–H and O–H groups in total. The van der Waals surface area contributed by atoms with Crippen molar-refractivity contribution in [1.29, 1.82) is 0 Å². The number of carbonyl (C=O) groups excluding carboxylic acids is 1. The van der Waals surface area contributed by atoms with Crippen molar-refractivity contribution in [3.05, 3.63) is 47.3 Å². The first-order valence-corrected chi connectivity index (χ1v) is 11.1. The van der Waals surface area contributed by atoms with Crippen LogP contribution in [0.5, 0.6) is 0 Å². The maximum Gasteiger partial charge on any atom is 0.234 e. The number of nitrogens with one attached hydrogen (secondary N) is 1. The van der Waals surface area contributed by atoms with Crippen molar-refractivity contribution in [2.24, 2.45) is 0 Å². The predicted molar refractivity (Wildman–Crippen MR) is 113 cm³/mol. The summed E-state index contributed by atoms with van der Waals surface area (Å²) in [4.78, 5) is 13.4. The molecule has 3 heterocycles. The standard InChI is InChI=1S/C20H22N4O2S2/c1-14-5-2-6-15(11-14)21-18(25)13-28-20-23-22-19(17-8-4-10-27-17)24(20)12-16-7-3-9-26-16/h2,4-6,8,10-11,16H,3,7,9,12-13H2,1H3,(H,21,25)/t16-/m0/s1. The number of nitrogens with zero attached hydrogens (tertiary/aromatic N) is 3. The Balaban J connectivity index is 1.46. The highest BCUT2D eigenvalue weighted by Crippen LogP contribution is 2.29. The lowest BCUT2D eigenvalue weighted by atomic mass is 10.2. The van der Waals surface area contributed by atoms with Gasteiger partial charge in [-0.05, 0) is 48.9 Å². The van der Waals surface area contributed by atoms with Gasteiger partial charge >= 0.3 is 0 Å². The molecule has 1 aliphatic rings. The second-order valence-electron chi connectivity index (χ2n) is 6.74. The summed E-state index contributed by atoms with van der Waals surface area (Å²) >= 11 is 3.04. The fraction of sp³-hybridized carbons (Fsp3) is 0.350. The van der Waals surface area contributed by atoms with E-state index < -0.39 is 0 Å². The summed E-state index contributed by atoms with van der Waals surface area (Å²) in [6.45, 7) is 3.52. The van der Waals surface area contributed by atoms with Crippen LogP contribution in [0, 0.1) is 6.92 Å². The van der Waals surface area contributed by atoms with Gasteiger partial charge < -0.3 is 10.1 Å². The second kappa shape index (κ2) is 8.89. The molecule has 8 heteroatoms. The van der Waals surface area contributed by atoms with Crippen LogP contribution < -0.4 is 5.32 Å². The largest absolute Gasteiger partial charge is 0.376 e. The Kier molecular flexibility index (Phi) is 6.09. The van der Waals surface area contributed by atoms with Crippen LogP contribution in [-0.4, -0.2) is 39.1 Å². The fourth-order valence-electron chi connectivity index (χ4n) is 3.19. The van der Waals surface area contributed by atoms with Gasteiger partial charge in [-0.3, -0.25) is 9.36 Å². The Morgan fingerprint density at radius 1 is 1.36 bits per heavy atom. The molecule has 0 unspecified atom stereocenters. The Hall–Kier alpha value is -2.16. The first kappa shape index (κ1) is 19.2. The zero-order valence-electron chi connectivity index (χ0n) is 15.6. The fourth-order valence-corrected chi connectivity index (χ4v) is 4.66. The van der Waals surface area contributed by atoms with E-state index in [9.17, 15) is 4.79 Å². The molecule has 0 saturated carbocycles. The molecule has 2 aromatic heterocycles. The van der Waals surface area contributed by atoms with Crippen LogP contribution in [0.25, 0.3) is 10.7 Å². The Bertz CT molecular complexity index is 934. The number of anilines is 1. The Morgan fingerprint density at radius 3 is 3.04 bits per heavy atom. The number of benzene rings is 1. The maximum absolute atomic E-state index is 12.4. The molecule has 0 bridgehead atoms. The van der Waals surface area contributed by atoms with Crippen molar-refractivity contribution < 1.29 is 9.53 Å². The van der Waals surface area contributed by atoms with Crippen molar-refractivity contribution in [1.82, 2.24) is 14.8 Å². The molecule has 3 aromatic rings. The number of amides is 1. The van der Waals surface area contributed by atoms with Gasteiger partial charge in [0.15, 0.2) is 11.0 Å². The highest BCUT2D eigenvalue weighted by molar-refractivity contribution is 7.99. The summed E-state index contributed by atoms with van der Waals surface area (Å²) in [7, 11) is 0. The summed E-state index contributed by atoms with van der Waals surface area (Å²) in [5.41, 5.74) is 1.92. The molecule has 1 atom stereocenters. The van der Waals surface area contributed by atoms with Gasteiger partial charge in [-0.2, -0.15) is 0 Å². The van der Waals surface area contributed by atoms with Gasteiger partial charge in [0.1, 0.15) is 0 Å². The molecule has 4 rings (SSSR count). The third-order valence-electron chi connectivity index (χ3n) is 4.50. The van der Waals surface area contributed by atoms with Crippen molar-refractivity contribution in [2.45, 2.75) is 37.6 Å². The van der Waals surface area contributed by atoms with E-state index in [1.54, 1.807) is 11.3 Å². The number of rotatable bonds is 7. The van der Waals surface area contributed by atoms with Crippen LogP contribution in [0.1, 0.15) is 18.4 Å². The van der Waals surface area contributed by atoms with E-state index in [2.05, 4.69) is 20.1 Å². The molecule has 0 spiro atoms. The minimum Gasteiger partial charge on any atom is -0.376 e. The highest BCUT2D eigenvalue weighted by Gasteiger charge is 2.22. The first-order valence-electron chi connectivity index (χ1n) is 9.27. The maximum atomic E-state index is 12.4. The van der Waals surface area contributed by atoms with E-state index in [1.165, 1.54) is 11.8 Å². The van der Waals surface area contributed by atoms with Crippen LogP contribution in [0.3, 0.4) is 0 Å². The molecular weight excluding hydrogens is 392 g/mol. The van der Waals surface area contributed by atoms with E-state index in [0.717, 1.165) is 46.6 Å². The molecule has 146 valence electrons. The zero-order chi connectivity index (χ0) is 19.3. The second-order valence-corrected chi connectivity index (χ2v) is 8.63. The van der Waals surface area contributed by atoms with Crippen molar-refractivity contribution in [2.75, 3.05) is 17.7 Å². The lowest BCUT2D eigenvalue weighted by Crippen LogP contribution is -2.18. The van der Waals surface area contributed by atoms with Gasteiger partial charge in [0.2, 0.25) is 5.91 Å². The van der Waals surface area contributed by atoms with Gasteiger partial charge in [-0.25, -0.2) is 0 Å². The summed E-state index contributed by atoms with van der Waals surface area (Å²) in [6.07, 6.45) is 2.30. The molecule has 0 aliphatic carbocycles. The number of carbonyl (C=O) groups is 1. The molecule has 1 aromatic carbocycles. The molecule has 1 aliphatic heterocycles. The number of ether oxygens (including phenoxy) is 1. The smallest absolute Gasteiger partial charge is 0.234 e. The minimum atomic E-state index is -0.0556. The lowest BCUT2D eigenvalue weighted by molar-refractivity contribution is -0.113. The number of aromatic nitrogens is 3. The zero-order valence-corrected chi connectivity index (χ0v) is 17.3. The average Bonchev–Trinajstić information content (AvgIpc) is 3.43. The normalized spacial score (nSPS) is 16.4. The first-order chi connectivity index (χ1) is 13.7. The van der Waals surface area contributed by atoms with E-state index in [1.807, 2.05) is 48.7 Å². The molecule has 1 amide bonds. The van der Waals surface area contributed by atoms with E-state index in [0.29, 0.717) is 6.54 Å². The van der Waals surface area contributed by atoms with Crippen LogP contribution in [-0.2, 0) is 16.1 Å². The monoisotopic (exact) mass is 414 g/mol. The van der Waals surface area contributed by atoms with E-state index in [4.69, 9.17) is 4.74 Å². The lowest BCUT2D eigenvalue weighted by Gasteiger charge is -2.14. The minimum absolute atomic E-state index is 0.0556. The van der Waals surface area contributed by atoms with Gasteiger partial charge in [-0.15, -0.1) is 21.5 Å². The van der Waals surface area contributed by atoms with Crippen LogP contribution in [0.2, 0.25) is 0 Å². The Labute approximate surface area is 172 Å². The van der Waals surface area contributed by atoms with Crippen molar-refractivity contribution >= 4 is 34.7 Å². The molecule has 1 saturated heterocycles. The van der Waals surface area contributed by atoms with Gasteiger partial charge in [0.25, 0.3) is 0 Å². The van der Waals surface area contributed by atoms with Gasteiger partial charge in [0.05, 0.1) is 23.3 Å². The summed E-state index contributed by atoms with van der Waals surface area (Å²) in [5.74, 6) is 1.06. The quantitative estimate of drug-likeness (QED) is 0.586. The summed E-state index contributed by atoms with van der Waals surface area (Å²) in [6, 6.07) is 11.8. The average molecular weight is 415 g/mol. The highest BCUT2D eigenvalue weighted by atomic mass is 32.2. The number of hydrogen-bond acceptors (Lipinski definition) is 6. The van der Waals surface area contributed by atoms with Crippen LogP contribution in [0.4, 0.5) is 5.69 Å². The third kappa shape index (κ3) is 4.63. The number of thiophene rings is 1. The topological polar surface area (TPSA) is 69.0 Å². The van der Waals surface area contributed by atoms with Gasteiger partial charge in [0, 0.05) is 12.3 Å². The number of hydrogen-bond donors (Lipinski definition) is 1. The molecule has 28 heavy (non-hydrogen) atoms. The predicted octanol–water partition coefficient (Wildman–Crippen LogP) is 4.22.